The number of aromatic nitrogens is 1. The molecular weight excluding hydrogens is 641 g/mol. The molecule has 8 aromatic carbocycles. The summed E-state index contributed by atoms with van der Waals surface area (Å²) in [7, 11) is 0. The van der Waals surface area contributed by atoms with Crippen LogP contribution in [0.3, 0.4) is 0 Å². The van der Waals surface area contributed by atoms with Crippen LogP contribution in [-0.2, 0) is 5.41 Å². The minimum Gasteiger partial charge on any atom is -0.310 e. The lowest BCUT2D eigenvalue weighted by Crippen LogP contribution is -2.17. The molecule has 2 heteroatoms. The van der Waals surface area contributed by atoms with E-state index in [2.05, 4.69) is 205 Å². The van der Waals surface area contributed by atoms with Gasteiger partial charge in [0.15, 0.2) is 0 Å². The minimum atomic E-state index is -0.202. The van der Waals surface area contributed by atoms with Crippen molar-refractivity contribution in [3.8, 4) is 50.2 Å². The fourth-order valence-corrected chi connectivity index (χ4v) is 9.17. The first-order chi connectivity index (χ1) is 26.1. The summed E-state index contributed by atoms with van der Waals surface area (Å²) in [5, 5.41) is 2.59. The summed E-state index contributed by atoms with van der Waals surface area (Å²) >= 11 is 0. The van der Waals surface area contributed by atoms with Gasteiger partial charge >= 0.3 is 0 Å². The Kier molecular flexibility index (Phi) is 6.33. The molecular formula is C51H36N2. The normalized spacial score (nSPS) is 13.2. The first-order valence-electron chi connectivity index (χ1n) is 18.5. The van der Waals surface area contributed by atoms with Crippen LogP contribution in [0.2, 0.25) is 0 Å². The predicted octanol–water partition coefficient (Wildman–Crippen LogP) is 13.9. The molecule has 250 valence electrons. The van der Waals surface area contributed by atoms with Crippen molar-refractivity contribution in [2.45, 2.75) is 19.3 Å². The molecule has 2 heterocycles. The molecule has 0 N–H and O–H groups in total. The van der Waals surface area contributed by atoms with E-state index in [0.29, 0.717) is 0 Å². The smallest absolute Gasteiger partial charge is 0.0623 e. The minimum absolute atomic E-state index is 0.202. The van der Waals surface area contributed by atoms with Crippen LogP contribution in [0.4, 0.5) is 17.1 Å². The highest BCUT2D eigenvalue weighted by Gasteiger charge is 2.42. The molecule has 2 nitrogen and oxygen atoms in total. The second-order valence-corrected chi connectivity index (χ2v) is 15.0. The van der Waals surface area contributed by atoms with Gasteiger partial charge < -0.3 is 9.47 Å². The van der Waals surface area contributed by atoms with Crippen LogP contribution in [0.1, 0.15) is 25.0 Å². The lowest BCUT2D eigenvalue weighted by atomic mass is 9.81. The summed E-state index contributed by atoms with van der Waals surface area (Å²) in [6.45, 7) is 4.82. The maximum absolute atomic E-state index is 2.55. The number of anilines is 3. The molecule has 9 aromatic rings. The van der Waals surface area contributed by atoms with Crippen molar-refractivity contribution in [3.05, 3.63) is 193 Å². The molecule has 0 spiro atoms. The first kappa shape index (κ1) is 30.0. The molecule has 0 amide bonds. The Bertz CT molecular complexity index is 2880. The number of hydrogen-bond donors (Lipinski definition) is 0. The molecule has 0 radical (unpaired) electrons. The third kappa shape index (κ3) is 4.33. The van der Waals surface area contributed by atoms with Crippen LogP contribution in [0.15, 0.2) is 182 Å². The largest absolute Gasteiger partial charge is 0.310 e. The summed E-state index contributed by atoms with van der Waals surface area (Å²) in [6.07, 6.45) is 0. The third-order valence-corrected chi connectivity index (χ3v) is 11.7. The molecule has 2 aliphatic rings. The molecule has 0 saturated carbocycles. The van der Waals surface area contributed by atoms with Gasteiger partial charge in [0.1, 0.15) is 0 Å². The first-order valence-corrected chi connectivity index (χ1v) is 18.5. The van der Waals surface area contributed by atoms with E-state index < -0.39 is 0 Å². The zero-order valence-corrected chi connectivity index (χ0v) is 29.7. The van der Waals surface area contributed by atoms with Crippen LogP contribution in [0.25, 0.3) is 72.0 Å². The third-order valence-electron chi connectivity index (χ3n) is 11.7. The maximum atomic E-state index is 2.55. The summed E-state index contributed by atoms with van der Waals surface area (Å²) in [4.78, 5) is 2.43. The Labute approximate surface area is 309 Å². The highest BCUT2D eigenvalue weighted by atomic mass is 15.1. The molecule has 1 aliphatic heterocycles. The van der Waals surface area contributed by atoms with Gasteiger partial charge in [0.05, 0.1) is 16.7 Å². The van der Waals surface area contributed by atoms with Gasteiger partial charge in [-0.05, 0) is 99.1 Å². The zero-order valence-electron chi connectivity index (χ0n) is 29.7. The average Bonchev–Trinajstić information content (AvgIpc) is 3.62. The van der Waals surface area contributed by atoms with E-state index in [4.69, 9.17) is 0 Å². The van der Waals surface area contributed by atoms with E-state index in [1.165, 1.54) is 83.1 Å². The Morgan fingerprint density at radius 3 is 1.75 bits per heavy atom. The average molecular weight is 677 g/mol. The quantitative estimate of drug-likeness (QED) is 0.176. The van der Waals surface area contributed by atoms with Crippen molar-refractivity contribution in [1.82, 2.24) is 4.57 Å². The van der Waals surface area contributed by atoms with Crippen LogP contribution in [-0.4, -0.2) is 4.57 Å². The van der Waals surface area contributed by atoms with Crippen molar-refractivity contribution in [2.24, 2.45) is 0 Å². The number of para-hydroxylation sites is 2. The lowest BCUT2D eigenvalue weighted by Gasteiger charge is -2.29. The molecule has 1 aromatic heterocycles. The van der Waals surface area contributed by atoms with Gasteiger partial charge in [0, 0.05) is 44.4 Å². The molecule has 0 unspecified atom stereocenters. The summed E-state index contributed by atoms with van der Waals surface area (Å²) in [5.74, 6) is 0. The molecule has 53 heavy (non-hydrogen) atoms. The van der Waals surface area contributed by atoms with Gasteiger partial charge in [-0.2, -0.15) is 0 Å². The van der Waals surface area contributed by atoms with E-state index in [1.807, 2.05) is 0 Å². The van der Waals surface area contributed by atoms with E-state index in [-0.39, 0.29) is 5.41 Å². The van der Waals surface area contributed by atoms with Gasteiger partial charge in [0.25, 0.3) is 0 Å². The fourth-order valence-electron chi connectivity index (χ4n) is 9.17. The second-order valence-electron chi connectivity index (χ2n) is 15.0. The van der Waals surface area contributed by atoms with Gasteiger partial charge in [-0.25, -0.2) is 0 Å². The zero-order chi connectivity index (χ0) is 35.3. The van der Waals surface area contributed by atoms with E-state index >= 15 is 0 Å². The van der Waals surface area contributed by atoms with Gasteiger partial charge in [0.2, 0.25) is 0 Å². The SMILES string of the molecule is CC1(C)c2cc(N(c3ccccc3)c3ccc(-c4ccccc4)cc3)cc3c2-c2c1ccc1c4cc(-c5ccccc5)ccc4n(c21)-c1ccccc1-3. The Morgan fingerprint density at radius 1 is 0.415 bits per heavy atom. The van der Waals surface area contributed by atoms with Crippen LogP contribution in [0, 0.1) is 0 Å². The number of rotatable bonds is 5. The highest BCUT2D eigenvalue weighted by Crippen LogP contribution is 2.59. The molecule has 11 rings (SSSR count). The predicted molar refractivity (Wildman–Crippen MR) is 223 cm³/mol. The Hall–Kier alpha value is -6.64. The number of nitrogens with zero attached hydrogens (tertiary/aromatic N) is 2. The molecule has 0 bridgehead atoms. The second kappa shape index (κ2) is 11.2. The van der Waals surface area contributed by atoms with Gasteiger partial charge in [-0.3, -0.25) is 0 Å². The fraction of sp³-hybridized carbons (Fsp3) is 0.0588. The molecule has 0 atom stereocenters. The summed E-state index contributed by atoms with van der Waals surface area (Å²) < 4.78 is 2.55. The summed E-state index contributed by atoms with van der Waals surface area (Å²) in [5.41, 5.74) is 19.9. The van der Waals surface area contributed by atoms with Crippen LogP contribution in [0.5, 0.6) is 0 Å². The van der Waals surface area contributed by atoms with Crippen molar-refractivity contribution in [2.75, 3.05) is 4.90 Å². The van der Waals surface area contributed by atoms with Crippen molar-refractivity contribution in [3.63, 3.8) is 0 Å². The monoisotopic (exact) mass is 676 g/mol. The Morgan fingerprint density at radius 2 is 1.02 bits per heavy atom. The van der Waals surface area contributed by atoms with Crippen LogP contribution < -0.4 is 4.90 Å². The van der Waals surface area contributed by atoms with Crippen molar-refractivity contribution in [1.29, 1.82) is 0 Å². The Balaban J connectivity index is 1.18. The molecule has 0 fully saturated rings. The number of hydrogen-bond acceptors (Lipinski definition) is 1. The standard InChI is InChI=1S/C51H36N2/c1-51(2)44-28-27-41-42-30-36(34-16-8-4-9-17-34)24-29-47(42)53-46-21-13-12-20-40(46)43-31-39(32-45(51)48(43)49(44)50(41)53)52(37-18-10-5-11-19-37)38-25-22-35(23-26-38)33-14-6-3-7-15-33/h3-32H,1-2H3. The van der Waals surface area contributed by atoms with Crippen LogP contribution >= 0.6 is 0 Å². The topological polar surface area (TPSA) is 8.17 Å². The van der Waals surface area contributed by atoms with E-state index in [9.17, 15) is 0 Å². The number of benzene rings is 8. The maximum Gasteiger partial charge on any atom is 0.0623 e. The lowest BCUT2D eigenvalue weighted by molar-refractivity contribution is 0.661. The molecule has 0 saturated heterocycles. The van der Waals surface area contributed by atoms with Crippen molar-refractivity contribution >= 4 is 38.9 Å². The molecule has 1 aliphatic carbocycles. The highest BCUT2D eigenvalue weighted by molar-refractivity contribution is 6.19. The number of fused-ring (bicyclic) bond motifs is 6. The van der Waals surface area contributed by atoms with E-state index in [1.54, 1.807) is 0 Å². The van der Waals surface area contributed by atoms with Gasteiger partial charge in [-0.15, -0.1) is 0 Å². The summed E-state index contributed by atoms with van der Waals surface area (Å²) in [6, 6.07) is 66.9. The van der Waals surface area contributed by atoms with Crippen molar-refractivity contribution < 1.29 is 0 Å². The van der Waals surface area contributed by atoms with Gasteiger partial charge in [-0.1, -0.05) is 141 Å². The van der Waals surface area contributed by atoms with E-state index in [0.717, 1.165) is 17.1 Å².